The van der Waals surface area contributed by atoms with E-state index in [-0.39, 0.29) is 23.7 Å². The van der Waals surface area contributed by atoms with Gasteiger partial charge < -0.3 is 10.1 Å². The summed E-state index contributed by atoms with van der Waals surface area (Å²) in [5.41, 5.74) is 1.67. The summed E-state index contributed by atoms with van der Waals surface area (Å²) in [4.78, 5) is 28.3. The van der Waals surface area contributed by atoms with Crippen LogP contribution in [0, 0.1) is 27.9 Å². The van der Waals surface area contributed by atoms with E-state index in [0.717, 1.165) is 30.2 Å². The van der Waals surface area contributed by atoms with Gasteiger partial charge in [0.15, 0.2) is 0 Å². The minimum Gasteiger partial charge on any atom is -0.472 e. The van der Waals surface area contributed by atoms with Crippen LogP contribution in [0.15, 0.2) is 55.0 Å². The number of hydrogen-bond acceptors (Lipinski definition) is 6. The highest BCUT2D eigenvalue weighted by Crippen LogP contribution is 2.60. The van der Waals surface area contributed by atoms with Crippen molar-refractivity contribution in [1.29, 1.82) is 0 Å². The van der Waals surface area contributed by atoms with E-state index in [2.05, 4.69) is 15.4 Å². The molecular weight excluding hydrogens is 434 g/mol. The van der Waals surface area contributed by atoms with Crippen LogP contribution >= 0.6 is 0 Å². The first-order chi connectivity index (χ1) is 16.5. The molecule has 0 radical (unpaired) electrons. The number of benzene rings is 1. The van der Waals surface area contributed by atoms with Gasteiger partial charge in [0.25, 0.3) is 11.6 Å². The summed E-state index contributed by atoms with van der Waals surface area (Å²) in [6.07, 6.45) is 10.8. The maximum Gasteiger partial charge on any atom is 0.269 e. The Bertz CT molecular complexity index is 1230. The molecule has 2 unspecified atom stereocenters. The van der Waals surface area contributed by atoms with E-state index < -0.39 is 4.92 Å². The summed E-state index contributed by atoms with van der Waals surface area (Å²) in [5, 5.41) is 18.9. The first-order valence-electron chi connectivity index (χ1n) is 11.7. The normalized spacial score (nSPS) is 26.5. The first kappa shape index (κ1) is 20.8. The highest BCUT2D eigenvalue weighted by atomic mass is 16.6. The monoisotopic (exact) mass is 459 g/mol. The Labute approximate surface area is 196 Å². The van der Waals surface area contributed by atoms with Crippen LogP contribution in [-0.4, -0.2) is 31.1 Å². The van der Waals surface area contributed by atoms with Gasteiger partial charge in [-0.25, -0.2) is 4.68 Å². The number of nitro benzene ring substituents is 1. The Balaban J connectivity index is 1.31. The predicted octanol–water partition coefficient (Wildman–Crippen LogP) is 4.06. The molecule has 3 aromatic rings. The van der Waals surface area contributed by atoms with E-state index in [1.807, 2.05) is 12.1 Å². The minimum atomic E-state index is -0.449. The Hall–Kier alpha value is -3.75. The van der Waals surface area contributed by atoms with Crippen LogP contribution in [0.5, 0.6) is 5.88 Å². The van der Waals surface area contributed by atoms with E-state index in [0.29, 0.717) is 23.0 Å². The molecule has 1 N–H and O–H groups in total. The molecule has 4 saturated carbocycles. The highest BCUT2D eigenvalue weighted by molar-refractivity contribution is 5.97. The summed E-state index contributed by atoms with van der Waals surface area (Å²) in [7, 11) is 0. The number of nitro groups is 1. The van der Waals surface area contributed by atoms with Gasteiger partial charge in [0.1, 0.15) is 12.2 Å². The molecule has 9 nitrogen and oxygen atoms in total. The van der Waals surface area contributed by atoms with Crippen LogP contribution in [0.4, 0.5) is 5.69 Å². The molecule has 0 spiro atoms. The second-order valence-electron chi connectivity index (χ2n) is 9.85. The zero-order valence-corrected chi connectivity index (χ0v) is 18.6. The van der Waals surface area contributed by atoms with Gasteiger partial charge in [0.05, 0.1) is 16.8 Å². The smallest absolute Gasteiger partial charge is 0.269 e. The van der Waals surface area contributed by atoms with Crippen molar-refractivity contribution in [2.75, 3.05) is 0 Å². The lowest BCUT2D eigenvalue weighted by atomic mass is 9.80. The molecule has 4 aliphatic carbocycles. The molecule has 4 bridgehead atoms. The summed E-state index contributed by atoms with van der Waals surface area (Å²) in [6, 6.07) is 9.74. The molecule has 34 heavy (non-hydrogen) atoms. The number of ether oxygens (including phenoxy) is 1. The Morgan fingerprint density at radius 3 is 2.59 bits per heavy atom. The van der Waals surface area contributed by atoms with E-state index in [9.17, 15) is 14.9 Å². The van der Waals surface area contributed by atoms with Gasteiger partial charge in [-0.3, -0.25) is 19.9 Å². The molecule has 9 heteroatoms. The number of carbonyl (C=O) groups is 1. The molecule has 0 saturated heterocycles. The lowest BCUT2D eigenvalue weighted by molar-refractivity contribution is -0.384. The number of hydrogen-bond donors (Lipinski definition) is 1. The van der Waals surface area contributed by atoms with Gasteiger partial charge in [-0.15, -0.1) is 0 Å². The zero-order valence-electron chi connectivity index (χ0n) is 18.6. The van der Waals surface area contributed by atoms with Crippen LogP contribution in [0.3, 0.4) is 0 Å². The number of amides is 1. The van der Waals surface area contributed by atoms with Gasteiger partial charge in [-0.05, 0) is 68.1 Å². The third-order valence-electron chi connectivity index (χ3n) is 7.73. The molecule has 1 aromatic carbocycles. The lowest BCUT2D eigenvalue weighted by Gasteiger charge is -2.33. The average Bonchev–Trinajstić information content (AvgIpc) is 3.44. The van der Waals surface area contributed by atoms with Crippen LogP contribution in [0.2, 0.25) is 0 Å². The number of nitrogens with zero attached hydrogens (tertiary/aromatic N) is 4. The van der Waals surface area contributed by atoms with Crippen LogP contribution in [-0.2, 0) is 6.61 Å². The van der Waals surface area contributed by atoms with Crippen molar-refractivity contribution in [3.05, 3.63) is 76.2 Å². The van der Waals surface area contributed by atoms with E-state index >= 15 is 0 Å². The third-order valence-corrected chi connectivity index (χ3v) is 7.73. The fourth-order valence-corrected chi connectivity index (χ4v) is 6.46. The summed E-state index contributed by atoms with van der Waals surface area (Å²) >= 11 is 0. The molecule has 2 heterocycles. The molecule has 2 atom stereocenters. The number of aromatic nitrogens is 3. The Morgan fingerprint density at radius 2 is 1.91 bits per heavy atom. The van der Waals surface area contributed by atoms with Crippen molar-refractivity contribution in [3.8, 4) is 11.6 Å². The Kier molecular flexibility index (Phi) is 4.86. The maximum atomic E-state index is 13.5. The van der Waals surface area contributed by atoms with Crippen LogP contribution in [0.25, 0.3) is 5.69 Å². The van der Waals surface area contributed by atoms with Gasteiger partial charge >= 0.3 is 0 Å². The maximum absolute atomic E-state index is 13.5. The second-order valence-corrected chi connectivity index (χ2v) is 9.85. The van der Waals surface area contributed by atoms with Crippen molar-refractivity contribution in [2.24, 2.45) is 17.8 Å². The summed E-state index contributed by atoms with van der Waals surface area (Å²) in [6.45, 7) is 0.213. The first-order valence-corrected chi connectivity index (χ1v) is 11.7. The van der Waals surface area contributed by atoms with E-state index in [4.69, 9.17) is 4.74 Å². The van der Waals surface area contributed by atoms with Crippen LogP contribution < -0.4 is 10.1 Å². The number of carbonyl (C=O) groups excluding carboxylic acids is 1. The molecule has 4 fully saturated rings. The quantitative estimate of drug-likeness (QED) is 0.421. The van der Waals surface area contributed by atoms with Crippen molar-refractivity contribution >= 4 is 11.6 Å². The Morgan fingerprint density at radius 1 is 1.15 bits per heavy atom. The minimum absolute atomic E-state index is 0.0159. The van der Waals surface area contributed by atoms with Crippen molar-refractivity contribution in [3.63, 3.8) is 0 Å². The van der Waals surface area contributed by atoms with Crippen molar-refractivity contribution in [1.82, 2.24) is 20.1 Å². The number of rotatable bonds is 7. The van der Waals surface area contributed by atoms with Gasteiger partial charge in [0.2, 0.25) is 5.88 Å². The number of non-ortho nitro benzene ring substituents is 1. The molecule has 2 aromatic heterocycles. The van der Waals surface area contributed by atoms with E-state index in [1.165, 1.54) is 42.3 Å². The second kappa shape index (κ2) is 7.93. The standard InChI is InChI=1S/C25H25N5O4/c31-23(28-25-11-17-8-18(12-25)10-19(25)9-17)22-14-27-29(20-3-5-21(6-4-20)30(32)33)24(22)34-15-16-2-1-7-26-13-16/h1-7,13-14,17-19H,8-12,15H2,(H,28,31). The number of pyridine rings is 1. The molecule has 174 valence electrons. The molecule has 4 aliphatic rings. The molecule has 1 amide bonds. The van der Waals surface area contributed by atoms with Gasteiger partial charge in [0, 0.05) is 35.6 Å². The third kappa shape index (κ3) is 3.52. The lowest BCUT2D eigenvalue weighted by Crippen LogP contribution is -2.49. The van der Waals surface area contributed by atoms with Crippen molar-refractivity contribution < 1.29 is 14.5 Å². The predicted molar refractivity (Wildman–Crippen MR) is 123 cm³/mol. The number of nitrogens with one attached hydrogen (secondary N) is 1. The van der Waals surface area contributed by atoms with E-state index in [1.54, 1.807) is 24.5 Å². The fourth-order valence-electron chi connectivity index (χ4n) is 6.46. The zero-order chi connectivity index (χ0) is 23.3. The molecular formula is C25H25N5O4. The summed E-state index contributed by atoms with van der Waals surface area (Å²) in [5.74, 6) is 2.14. The van der Waals surface area contributed by atoms with Crippen molar-refractivity contribution in [2.45, 2.75) is 44.2 Å². The molecule has 7 rings (SSSR count). The molecule has 0 aliphatic heterocycles. The average molecular weight is 460 g/mol. The SMILES string of the molecule is O=C(NC12CC3CC(CC1C3)C2)c1cnn(-c2ccc([N+](=O)[O-])cc2)c1OCc1cccnc1. The highest BCUT2D eigenvalue weighted by Gasteiger charge is 2.58. The summed E-state index contributed by atoms with van der Waals surface area (Å²) < 4.78 is 7.64. The van der Waals surface area contributed by atoms with Crippen LogP contribution in [0.1, 0.15) is 48.0 Å². The van der Waals surface area contributed by atoms with Gasteiger partial charge in [-0.1, -0.05) is 6.07 Å². The largest absolute Gasteiger partial charge is 0.472 e. The van der Waals surface area contributed by atoms with Gasteiger partial charge in [-0.2, -0.15) is 5.10 Å². The fraction of sp³-hybridized carbons (Fsp3) is 0.400. The topological polar surface area (TPSA) is 112 Å².